The molecule has 1 aliphatic rings. The van der Waals surface area contributed by atoms with E-state index in [-0.39, 0.29) is 27.5 Å². The van der Waals surface area contributed by atoms with Crippen LogP contribution in [-0.2, 0) is 26.1 Å². The molecule has 1 amide bonds. The topological polar surface area (TPSA) is 66.9 Å². The Morgan fingerprint density at radius 2 is 1.93 bits per heavy atom. The Bertz CT molecular complexity index is 997. The largest absolute Gasteiger partial charge is 0.273 e. The minimum atomic E-state index is -3.93. The van der Waals surface area contributed by atoms with Gasteiger partial charge in [-0.2, -0.15) is 0 Å². The molecule has 2 aromatic rings. The van der Waals surface area contributed by atoms with E-state index in [2.05, 4.69) is 0 Å². The fourth-order valence-corrected chi connectivity index (χ4v) is 5.18. The van der Waals surface area contributed by atoms with Crippen LogP contribution in [0.5, 0.6) is 0 Å². The molecular weight excluding hydrogens is 423 g/mol. The smallest absolute Gasteiger partial charge is 0.264 e. The van der Waals surface area contributed by atoms with Gasteiger partial charge in [0.05, 0.1) is 33.3 Å². The molecule has 1 aliphatic heterocycles. The van der Waals surface area contributed by atoms with Crippen molar-refractivity contribution >= 4 is 44.8 Å². The number of aryl methyl sites for hydroxylation is 1. The Balaban J connectivity index is 2.02. The molecule has 1 unspecified atom stereocenters. The third kappa shape index (κ3) is 4.12. The molecule has 0 aromatic heterocycles. The summed E-state index contributed by atoms with van der Waals surface area (Å²) in [5.74, 6) is -0.268. The molecule has 1 atom stereocenters. The summed E-state index contributed by atoms with van der Waals surface area (Å²) >= 11 is 12.0. The molecule has 0 aliphatic carbocycles. The SMILES string of the molecule is CC(=O)N(C)OCC1CCc2ccccc2N1S(=O)(=O)c1ccc(Cl)c(Cl)c1. The van der Waals surface area contributed by atoms with E-state index in [1.165, 1.54) is 36.5 Å². The van der Waals surface area contributed by atoms with E-state index in [1.54, 1.807) is 12.1 Å². The number of carbonyl (C=O) groups is 1. The first-order chi connectivity index (χ1) is 13.2. The van der Waals surface area contributed by atoms with Crippen LogP contribution in [0.1, 0.15) is 18.9 Å². The van der Waals surface area contributed by atoms with E-state index in [0.29, 0.717) is 18.5 Å². The summed E-state index contributed by atoms with van der Waals surface area (Å²) in [5, 5.41) is 1.55. The Morgan fingerprint density at radius 1 is 1.21 bits per heavy atom. The second-order valence-corrected chi connectivity index (χ2v) is 9.14. The quantitative estimate of drug-likeness (QED) is 0.658. The van der Waals surface area contributed by atoms with Gasteiger partial charge in [-0.25, -0.2) is 13.5 Å². The summed E-state index contributed by atoms with van der Waals surface area (Å²) in [7, 11) is -2.43. The normalized spacial score (nSPS) is 16.6. The molecule has 0 spiro atoms. The Morgan fingerprint density at radius 3 is 2.61 bits per heavy atom. The molecule has 0 saturated heterocycles. The van der Waals surface area contributed by atoms with Gasteiger partial charge in [-0.1, -0.05) is 41.4 Å². The van der Waals surface area contributed by atoms with Crippen LogP contribution in [0.4, 0.5) is 5.69 Å². The number of hydroxylamine groups is 2. The number of nitrogens with zero attached hydrogens (tertiary/aromatic N) is 2. The fourth-order valence-electron chi connectivity index (χ4n) is 3.09. The van der Waals surface area contributed by atoms with Crippen LogP contribution in [0.3, 0.4) is 0 Å². The van der Waals surface area contributed by atoms with E-state index in [1.807, 2.05) is 12.1 Å². The number of carbonyl (C=O) groups excluding carboxylic acids is 1. The Hall–Kier alpha value is -1.80. The van der Waals surface area contributed by atoms with Crippen molar-refractivity contribution < 1.29 is 18.0 Å². The van der Waals surface area contributed by atoms with Gasteiger partial charge in [-0.3, -0.25) is 13.9 Å². The van der Waals surface area contributed by atoms with E-state index in [4.69, 9.17) is 28.0 Å². The number of hydrogen-bond donors (Lipinski definition) is 0. The number of rotatable bonds is 5. The zero-order valence-corrected chi connectivity index (χ0v) is 17.8. The van der Waals surface area contributed by atoms with Crippen LogP contribution < -0.4 is 4.31 Å². The predicted molar refractivity (Wildman–Crippen MR) is 109 cm³/mol. The van der Waals surface area contributed by atoms with Crippen molar-refractivity contribution in [3.05, 3.63) is 58.1 Å². The molecule has 0 radical (unpaired) electrons. The van der Waals surface area contributed by atoms with E-state index >= 15 is 0 Å². The van der Waals surface area contributed by atoms with E-state index in [0.717, 1.165) is 10.6 Å². The highest BCUT2D eigenvalue weighted by Crippen LogP contribution is 2.36. The minimum Gasteiger partial charge on any atom is -0.273 e. The third-order valence-electron chi connectivity index (χ3n) is 4.66. The second kappa shape index (κ2) is 8.29. The monoisotopic (exact) mass is 442 g/mol. The summed E-state index contributed by atoms with van der Waals surface area (Å²) in [5.41, 5.74) is 1.53. The van der Waals surface area contributed by atoms with Crippen molar-refractivity contribution in [2.45, 2.75) is 30.7 Å². The standard InChI is InChI=1S/C19H20Cl2N2O4S/c1-13(24)22(2)27-12-15-8-7-14-5-3-4-6-19(14)23(15)28(25,26)16-9-10-17(20)18(21)11-16/h3-6,9-11,15H,7-8,12H2,1-2H3. The Kier molecular flexibility index (Phi) is 6.19. The zero-order valence-electron chi connectivity index (χ0n) is 15.4. The predicted octanol–water partition coefficient (Wildman–Crippen LogP) is 3.91. The van der Waals surface area contributed by atoms with Gasteiger partial charge in [-0.05, 0) is 42.7 Å². The van der Waals surface area contributed by atoms with Crippen LogP contribution in [-0.4, -0.2) is 39.1 Å². The van der Waals surface area contributed by atoms with Crippen molar-refractivity contribution in [3.63, 3.8) is 0 Å². The number of halogens is 2. The molecule has 0 fully saturated rings. The first kappa shape index (κ1) is 20.9. The second-order valence-electron chi connectivity index (χ2n) is 6.51. The summed E-state index contributed by atoms with van der Waals surface area (Å²) < 4.78 is 28.3. The Labute approximate surface area is 174 Å². The van der Waals surface area contributed by atoms with Gasteiger partial charge in [-0.15, -0.1) is 0 Å². The fraction of sp³-hybridized carbons (Fsp3) is 0.316. The number of sulfonamides is 1. The lowest BCUT2D eigenvalue weighted by Gasteiger charge is -2.38. The highest BCUT2D eigenvalue weighted by Gasteiger charge is 2.36. The van der Waals surface area contributed by atoms with E-state index in [9.17, 15) is 13.2 Å². The zero-order chi connectivity index (χ0) is 20.5. The molecule has 150 valence electrons. The molecule has 6 nitrogen and oxygen atoms in total. The molecular formula is C19H20Cl2N2O4S. The number of hydrogen-bond acceptors (Lipinski definition) is 4. The highest BCUT2D eigenvalue weighted by atomic mass is 35.5. The maximum Gasteiger partial charge on any atom is 0.264 e. The average Bonchev–Trinajstić information content (AvgIpc) is 2.67. The van der Waals surface area contributed by atoms with Crippen LogP contribution in [0.15, 0.2) is 47.4 Å². The van der Waals surface area contributed by atoms with Crippen molar-refractivity contribution in [3.8, 4) is 0 Å². The average molecular weight is 443 g/mol. The first-order valence-electron chi connectivity index (χ1n) is 8.66. The molecule has 0 bridgehead atoms. The highest BCUT2D eigenvalue weighted by molar-refractivity contribution is 7.92. The summed E-state index contributed by atoms with van der Waals surface area (Å²) in [6.45, 7) is 1.42. The van der Waals surface area contributed by atoms with Gasteiger partial charge in [0.15, 0.2) is 0 Å². The van der Waals surface area contributed by atoms with Crippen LogP contribution >= 0.6 is 23.2 Å². The lowest BCUT2D eigenvalue weighted by atomic mass is 9.98. The molecule has 2 aromatic carbocycles. The number of para-hydroxylation sites is 1. The molecule has 0 saturated carbocycles. The van der Waals surface area contributed by atoms with Gasteiger partial charge in [0.2, 0.25) is 5.91 Å². The van der Waals surface area contributed by atoms with Crippen molar-refractivity contribution in [1.82, 2.24) is 5.06 Å². The van der Waals surface area contributed by atoms with Crippen LogP contribution in [0.25, 0.3) is 0 Å². The van der Waals surface area contributed by atoms with Gasteiger partial charge in [0, 0.05) is 14.0 Å². The van der Waals surface area contributed by atoms with Gasteiger partial charge >= 0.3 is 0 Å². The van der Waals surface area contributed by atoms with Crippen molar-refractivity contribution in [1.29, 1.82) is 0 Å². The molecule has 28 heavy (non-hydrogen) atoms. The lowest BCUT2D eigenvalue weighted by molar-refractivity contribution is -0.177. The van der Waals surface area contributed by atoms with Crippen LogP contribution in [0.2, 0.25) is 10.0 Å². The van der Waals surface area contributed by atoms with Gasteiger partial charge in [0.25, 0.3) is 10.0 Å². The number of anilines is 1. The summed E-state index contributed by atoms with van der Waals surface area (Å²) in [4.78, 5) is 17.0. The molecule has 1 heterocycles. The maximum absolute atomic E-state index is 13.5. The van der Waals surface area contributed by atoms with Crippen LogP contribution in [0, 0.1) is 0 Å². The number of benzene rings is 2. The minimum absolute atomic E-state index is 0.0449. The van der Waals surface area contributed by atoms with E-state index < -0.39 is 16.1 Å². The van der Waals surface area contributed by atoms with Crippen molar-refractivity contribution in [2.24, 2.45) is 0 Å². The summed E-state index contributed by atoms with van der Waals surface area (Å²) in [6.07, 6.45) is 1.27. The summed E-state index contributed by atoms with van der Waals surface area (Å²) in [6, 6.07) is 11.1. The van der Waals surface area contributed by atoms with Gasteiger partial charge < -0.3 is 0 Å². The lowest BCUT2D eigenvalue weighted by Crippen LogP contribution is -2.47. The maximum atomic E-state index is 13.5. The van der Waals surface area contributed by atoms with Crippen molar-refractivity contribution in [2.75, 3.05) is 18.0 Å². The third-order valence-corrected chi connectivity index (χ3v) is 7.26. The molecule has 3 rings (SSSR count). The first-order valence-corrected chi connectivity index (χ1v) is 10.9. The number of amides is 1. The molecule has 9 heteroatoms. The molecule has 0 N–H and O–H groups in total. The van der Waals surface area contributed by atoms with Gasteiger partial charge in [0.1, 0.15) is 0 Å². The number of fused-ring (bicyclic) bond motifs is 1.